The lowest BCUT2D eigenvalue weighted by atomic mass is 10.1. The first-order chi connectivity index (χ1) is 9.08. The first kappa shape index (κ1) is 13.5. The monoisotopic (exact) mass is 262 g/mol. The molecule has 1 unspecified atom stereocenters. The van der Waals surface area contributed by atoms with Gasteiger partial charge in [0.2, 0.25) is 5.91 Å². The summed E-state index contributed by atoms with van der Waals surface area (Å²) in [5.41, 5.74) is 0.643. The molecule has 5 heteroatoms. The molecule has 0 saturated carbocycles. The van der Waals surface area contributed by atoms with Gasteiger partial charge in [0.15, 0.2) is 0 Å². The number of hydrogen-bond acceptors (Lipinski definition) is 3. The second-order valence-corrected chi connectivity index (χ2v) is 4.90. The maximum Gasteiger partial charge on any atom is 0.323 e. The van der Waals surface area contributed by atoms with Crippen molar-refractivity contribution in [2.24, 2.45) is 5.92 Å². The lowest BCUT2D eigenvalue weighted by Gasteiger charge is -2.24. The van der Waals surface area contributed by atoms with E-state index in [4.69, 9.17) is 5.11 Å². The van der Waals surface area contributed by atoms with Gasteiger partial charge in [0, 0.05) is 12.2 Å². The summed E-state index contributed by atoms with van der Waals surface area (Å²) < 4.78 is 0. The Morgan fingerprint density at radius 3 is 2.58 bits per heavy atom. The molecule has 1 aromatic carbocycles. The maximum absolute atomic E-state index is 12.5. The molecule has 2 rings (SSSR count). The van der Waals surface area contributed by atoms with Crippen LogP contribution in [-0.2, 0) is 9.59 Å². The fourth-order valence-corrected chi connectivity index (χ4v) is 2.40. The van der Waals surface area contributed by atoms with E-state index in [1.54, 1.807) is 24.3 Å². The Balaban J connectivity index is 2.18. The highest BCUT2D eigenvalue weighted by Gasteiger charge is 2.31. The van der Waals surface area contributed by atoms with Crippen LogP contribution in [0.1, 0.15) is 6.42 Å². The minimum atomic E-state index is -0.997. The second-order valence-electron chi connectivity index (χ2n) is 4.90. The molecule has 0 spiro atoms. The van der Waals surface area contributed by atoms with Gasteiger partial charge in [-0.05, 0) is 32.1 Å². The Morgan fingerprint density at radius 2 is 2.05 bits per heavy atom. The molecule has 0 bridgehead atoms. The number of aliphatic carboxylic acids is 1. The van der Waals surface area contributed by atoms with Gasteiger partial charge in [-0.3, -0.25) is 9.59 Å². The normalized spacial score (nSPS) is 19.3. The fourth-order valence-electron chi connectivity index (χ4n) is 2.40. The number of nitrogens with zero attached hydrogens (tertiary/aromatic N) is 2. The molecule has 1 N–H and O–H groups in total. The number of hydrogen-bond donors (Lipinski definition) is 1. The zero-order valence-electron chi connectivity index (χ0n) is 11.0. The molecule has 1 heterocycles. The molecule has 102 valence electrons. The van der Waals surface area contributed by atoms with E-state index < -0.39 is 5.97 Å². The summed E-state index contributed by atoms with van der Waals surface area (Å²) >= 11 is 0. The van der Waals surface area contributed by atoms with Gasteiger partial charge in [0.25, 0.3) is 0 Å². The largest absolute Gasteiger partial charge is 0.480 e. The Morgan fingerprint density at radius 1 is 1.37 bits per heavy atom. The van der Waals surface area contributed by atoms with Crippen LogP contribution in [-0.4, -0.2) is 48.6 Å². The van der Waals surface area contributed by atoms with Crippen molar-refractivity contribution in [3.05, 3.63) is 30.3 Å². The summed E-state index contributed by atoms with van der Waals surface area (Å²) in [7, 11) is 1.97. The van der Waals surface area contributed by atoms with E-state index in [0.717, 1.165) is 13.0 Å². The minimum Gasteiger partial charge on any atom is -0.480 e. The molecule has 1 aliphatic heterocycles. The SMILES string of the molecule is CN1CCC(C(=O)N(CC(=O)O)c2ccccc2)C1. The molecule has 1 aliphatic rings. The molecular formula is C14H18N2O3. The first-order valence-electron chi connectivity index (χ1n) is 6.34. The van der Waals surface area contributed by atoms with Gasteiger partial charge in [-0.1, -0.05) is 18.2 Å². The van der Waals surface area contributed by atoms with Crippen molar-refractivity contribution in [2.75, 3.05) is 31.6 Å². The van der Waals surface area contributed by atoms with Crippen LogP contribution in [0.25, 0.3) is 0 Å². The van der Waals surface area contributed by atoms with Crippen LogP contribution in [0.15, 0.2) is 30.3 Å². The van der Waals surface area contributed by atoms with E-state index in [9.17, 15) is 9.59 Å². The third-order valence-electron chi connectivity index (χ3n) is 3.37. The first-order valence-corrected chi connectivity index (χ1v) is 6.34. The molecule has 1 atom stereocenters. The topological polar surface area (TPSA) is 60.9 Å². The van der Waals surface area contributed by atoms with E-state index in [-0.39, 0.29) is 18.4 Å². The number of carboxylic acids is 1. The predicted molar refractivity (Wildman–Crippen MR) is 72.0 cm³/mol. The number of carbonyl (C=O) groups is 2. The molecule has 5 nitrogen and oxygen atoms in total. The highest BCUT2D eigenvalue weighted by molar-refractivity contribution is 5.98. The van der Waals surface area contributed by atoms with E-state index >= 15 is 0 Å². The third kappa shape index (κ3) is 3.32. The van der Waals surface area contributed by atoms with Gasteiger partial charge in [-0.2, -0.15) is 0 Å². The average Bonchev–Trinajstić information content (AvgIpc) is 2.83. The van der Waals surface area contributed by atoms with Gasteiger partial charge in [0.05, 0.1) is 5.92 Å². The second kappa shape index (κ2) is 5.84. The summed E-state index contributed by atoms with van der Waals surface area (Å²) in [5, 5.41) is 8.98. The Hall–Kier alpha value is -1.88. The molecule has 1 amide bonds. The number of rotatable bonds is 4. The quantitative estimate of drug-likeness (QED) is 0.881. The van der Waals surface area contributed by atoms with Crippen molar-refractivity contribution >= 4 is 17.6 Å². The standard InChI is InChI=1S/C14H18N2O3/c1-15-8-7-11(9-15)14(19)16(10-13(17)18)12-5-3-2-4-6-12/h2-6,11H,7-10H2,1H3,(H,17,18). The molecular weight excluding hydrogens is 244 g/mol. The van der Waals surface area contributed by atoms with Crippen LogP contribution >= 0.6 is 0 Å². The van der Waals surface area contributed by atoms with Crippen molar-refractivity contribution in [3.63, 3.8) is 0 Å². The third-order valence-corrected chi connectivity index (χ3v) is 3.37. The lowest BCUT2D eigenvalue weighted by molar-refractivity contribution is -0.137. The van der Waals surface area contributed by atoms with Crippen LogP contribution < -0.4 is 4.90 Å². The van der Waals surface area contributed by atoms with E-state index in [2.05, 4.69) is 4.90 Å². The van der Waals surface area contributed by atoms with Crippen LogP contribution in [0.2, 0.25) is 0 Å². The predicted octanol–water partition coefficient (Wildman–Crippen LogP) is 1.06. The molecule has 1 saturated heterocycles. The molecule has 19 heavy (non-hydrogen) atoms. The lowest BCUT2D eigenvalue weighted by Crippen LogP contribution is -2.40. The number of likely N-dealkylation sites (tertiary alicyclic amines) is 1. The number of carbonyl (C=O) groups excluding carboxylic acids is 1. The van der Waals surface area contributed by atoms with Crippen molar-refractivity contribution < 1.29 is 14.7 Å². The highest BCUT2D eigenvalue weighted by Crippen LogP contribution is 2.21. The zero-order chi connectivity index (χ0) is 13.8. The van der Waals surface area contributed by atoms with Gasteiger partial charge in [-0.25, -0.2) is 0 Å². The van der Waals surface area contributed by atoms with Gasteiger partial charge in [0.1, 0.15) is 6.54 Å². The van der Waals surface area contributed by atoms with E-state index in [1.807, 2.05) is 13.1 Å². The number of para-hydroxylation sites is 1. The summed E-state index contributed by atoms with van der Waals surface area (Å²) in [6.07, 6.45) is 0.790. The number of amides is 1. The van der Waals surface area contributed by atoms with Gasteiger partial charge < -0.3 is 14.9 Å². The average molecular weight is 262 g/mol. The number of benzene rings is 1. The van der Waals surface area contributed by atoms with Gasteiger partial charge >= 0.3 is 5.97 Å². The van der Waals surface area contributed by atoms with Crippen molar-refractivity contribution in [1.29, 1.82) is 0 Å². The molecule has 0 aromatic heterocycles. The molecule has 0 radical (unpaired) electrons. The van der Waals surface area contributed by atoms with Crippen molar-refractivity contribution in [3.8, 4) is 0 Å². The fraction of sp³-hybridized carbons (Fsp3) is 0.429. The Bertz CT molecular complexity index is 461. The van der Waals surface area contributed by atoms with Gasteiger partial charge in [-0.15, -0.1) is 0 Å². The van der Waals surface area contributed by atoms with Crippen LogP contribution in [0.4, 0.5) is 5.69 Å². The molecule has 1 aromatic rings. The summed E-state index contributed by atoms with van der Waals surface area (Å²) in [4.78, 5) is 26.9. The number of carboxylic acid groups (broad SMARTS) is 1. The van der Waals surface area contributed by atoms with Crippen LogP contribution in [0.5, 0.6) is 0 Å². The van der Waals surface area contributed by atoms with Crippen molar-refractivity contribution in [1.82, 2.24) is 4.90 Å². The van der Waals surface area contributed by atoms with E-state index in [0.29, 0.717) is 12.2 Å². The van der Waals surface area contributed by atoms with Crippen LogP contribution in [0, 0.1) is 5.92 Å². The molecule has 1 fully saturated rings. The highest BCUT2D eigenvalue weighted by atomic mass is 16.4. The van der Waals surface area contributed by atoms with Crippen LogP contribution in [0.3, 0.4) is 0 Å². The number of anilines is 1. The van der Waals surface area contributed by atoms with E-state index in [1.165, 1.54) is 4.90 Å². The zero-order valence-corrected chi connectivity index (χ0v) is 11.0. The smallest absolute Gasteiger partial charge is 0.323 e. The Labute approximate surface area is 112 Å². The Kier molecular flexibility index (Phi) is 4.16. The maximum atomic E-state index is 12.5. The van der Waals surface area contributed by atoms with Crippen molar-refractivity contribution in [2.45, 2.75) is 6.42 Å². The molecule has 0 aliphatic carbocycles. The summed E-state index contributed by atoms with van der Waals surface area (Å²) in [6, 6.07) is 8.98. The summed E-state index contributed by atoms with van der Waals surface area (Å²) in [6.45, 7) is 1.29. The summed E-state index contributed by atoms with van der Waals surface area (Å²) in [5.74, 6) is -1.20. The minimum absolute atomic E-state index is 0.0991.